The van der Waals surface area contributed by atoms with Crippen LogP contribution >= 0.6 is 0 Å². The van der Waals surface area contributed by atoms with Gasteiger partial charge in [-0.15, -0.1) is 0 Å². The first-order valence-corrected chi connectivity index (χ1v) is 7.46. The summed E-state index contributed by atoms with van der Waals surface area (Å²) in [6.07, 6.45) is 3.60. The normalized spacial score (nSPS) is 16.5. The van der Waals surface area contributed by atoms with E-state index in [0.29, 0.717) is 24.7 Å². The second-order valence-corrected chi connectivity index (χ2v) is 5.46. The molecule has 0 aromatic heterocycles. The number of ether oxygens (including phenoxy) is 2. The fourth-order valence-corrected chi connectivity index (χ4v) is 2.69. The Morgan fingerprint density at radius 1 is 1.33 bits per heavy atom. The number of amides is 1. The topological polar surface area (TPSA) is 73.6 Å². The van der Waals surface area contributed by atoms with Gasteiger partial charge in [-0.2, -0.15) is 0 Å². The fourth-order valence-electron chi connectivity index (χ4n) is 2.69. The standard InChI is InChI=1S/C16H24N2O3/c1-3-21-14-10-12(6-7-13(14)20-2)11-18-15(19)16(17)8-4-5-9-16/h6-7,10H,3-5,8-9,11,17H2,1-2H3,(H,18,19). The molecule has 5 heteroatoms. The van der Waals surface area contributed by atoms with E-state index in [1.165, 1.54) is 0 Å². The van der Waals surface area contributed by atoms with Crippen LogP contribution in [0.3, 0.4) is 0 Å². The zero-order chi connectivity index (χ0) is 15.3. The van der Waals surface area contributed by atoms with Crippen molar-refractivity contribution in [1.82, 2.24) is 5.32 Å². The van der Waals surface area contributed by atoms with Crippen LogP contribution in [0.2, 0.25) is 0 Å². The molecule has 1 fully saturated rings. The summed E-state index contributed by atoms with van der Waals surface area (Å²) in [7, 11) is 1.61. The predicted molar refractivity (Wildman–Crippen MR) is 81.4 cm³/mol. The van der Waals surface area contributed by atoms with Gasteiger partial charge in [-0.3, -0.25) is 4.79 Å². The highest BCUT2D eigenvalue weighted by molar-refractivity contribution is 5.86. The zero-order valence-electron chi connectivity index (χ0n) is 12.8. The Hall–Kier alpha value is -1.75. The van der Waals surface area contributed by atoms with Crippen LogP contribution in [0.4, 0.5) is 0 Å². The summed E-state index contributed by atoms with van der Waals surface area (Å²) in [5.41, 5.74) is 6.41. The third kappa shape index (κ3) is 3.67. The largest absolute Gasteiger partial charge is 0.493 e. The number of carbonyl (C=O) groups is 1. The number of rotatable bonds is 6. The van der Waals surface area contributed by atoms with E-state index in [0.717, 1.165) is 31.2 Å². The summed E-state index contributed by atoms with van der Waals surface area (Å²) in [5, 5.41) is 2.93. The molecule has 1 aromatic rings. The monoisotopic (exact) mass is 292 g/mol. The number of nitrogens with two attached hydrogens (primary N) is 1. The number of benzene rings is 1. The lowest BCUT2D eigenvalue weighted by atomic mass is 9.98. The Labute approximate surface area is 125 Å². The van der Waals surface area contributed by atoms with E-state index in [2.05, 4.69) is 5.32 Å². The van der Waals surface area contributed by atoms with Crippen LogP contribution < -0.4 is 20.5 Å². The maximum absolute atomic E-state index is 12.2. The van der Waals surface area contributed by atoms with Crippen molar-refractivity contribution >= 4 is 5.91 Å². The molecule has 0 saturated heterocycles. The molecular weight excluding hydrogens is 268 g/mol. The molecule has 1 saturated carbocycles. The van der Waals surface area contributed by atoms with Crippen LogP contribution in [0, 0.1) is 0 Å². The van der Waals surface area contributed by atoms with Gasteiger partial charge in [-0.05, 0) is 37.5 Å². The van der Waals surface area contributed by atoms with Gasteiger partial charge >= 0.3 is 0 Å². The number of hydrogen-bond donors (Lipinski definition) is 2. The minimum Gasteiger partial charge on any atom is -0.493 e. The zero-order valence-corrected chi connectivity index (χ0v) is 12.8. The Morgan fingerprint density at radius 3 is 2.67 bits per heavy atom. The minimum atomic E-state index is -0.685. The van der Waals surface area contributed by atoms with Gasteiger partial charge in [0.2, 0.25) is 5.91 Å². The van der Waals surface area contributed by atoms with Crippen LogP contribution in [0.1, 0.15) is 38.2 Å². The quantitative estimate of drug-likeness (QED) is 0.841. The first-order chi connectivity index (χ1) is 10.1. The smallest absolute Gasteiger partial charge is 0.240 e. The van der Waals surface area contributed by atoms with E-state index >= 15 is 0 Å². The summed E-state index contributed by atoms with van der Waals surface area (Å²) >= 11 is 0. The highest BCUT2D eigenvalue weighted by Gasteiger charge is 2.36. The molecule has 116 valence electrons. The number of methoxy groups -OCH3 is 1. The summed E-state index contributed by atoms with van der Waals surface area (Å²) in [4.78, 5) is 12.2. The van der Waals surface area contributed by atoms with E-state index in [1.54, 1.807) is 7.11 Å². The van der Waals surface area contributed by atoms with Gasteiger partial charge in [0.1, 0.15) is 0 Å². The molecule has 0 unspecified atom stereocenters. The van der Waals surface area contributed by atoms with Gasteiger partial charge in [0.25, 0.3) is 0 Å². The van der Waals surface area contributed by atoms with Crippen LogP contribution in [0.15, 0.2) is 18.2 Å². The molecule has 1 aromatic carbocycles. The molecular formula is C16H24N2O3. The molecule has 0 spiro atoms. The average molecular weight is 292 g/mol. The lowest BCUT2D eigenvalue weighted by molar-refractivity contribution is -0.126. The first kappa shape index (κ1) is 15.6. The van der Waals surface area contributed by atoms with Gasteiger partial charge in [0.15, 0.2) is 11.5 Å². The van der Waals surface area contributed by atoms with Crippen molar-refractivity contribution in [3.05, 3.63) is 23.8 Å². The van der Waals surface area contributed by atoms with E-state index in [4.69, 9.17) is 15.2 Å². The molecule has 0 heterocycles. The highest BCUT2D eigenvalue weighted by Crippen LogP contribution is 2.29. The van der Waals surface area contributed by atoms with Gasteiger partial charge in [-0.25, -0.2) is 0 Å². The van der Waals surface area contributed by atoms with Crippen molar-refractivity contribution in [1.29, 1.82) is 0 Å². The lowest BCUT2D eigenvalue weighted by Crippen LogP contribution is -2.51. The molecule has 0 radical (unpaired) electrons. The highest BCUT2D eigenvalue weighted by atomic mass is 16.5. The molecule has 3 N–H and O–H groups in total. The maximum atomic E-state index is 12.2. The molecule has 1 amide bonds. The summed E-state index contributed by atoms with van der Waals surface area (Å²) in [6.45, 7) is 2.94. The Balaban J connectivity index is 1.99. The third-order valence-electron chi connectivity index (χ3n) is 3.93. The van der Waals surface area contributed by atoms with Crippen molar-refractivity contribution in [2.24, 2.45) is 5.73 Å². The van der Waals surface area contributed by atoms with E-state index in [-0.39, 0.29) is 5.91 Å². The SMILES string of the molecule is CCOc1cc(CNC(=O)C2(N)CCCC2)ccc1OC. The van der Waals surface area contributed by atoms with E-state index < -0.39 is 5.54 Å². The van der Waals surface area contributed by atoms with E-state index in [1.807, 2.05) is 25.1 Å². The molecule has 0 atom stereocenters. The minimum absolute atomic E-state index is 0.0613. The Kier molecular flexibility index (Phi) is 5.07. The average Bonchev–Trinajstić information content (AvgIpc) is 2.93. The van der Waals surface area contributed by atoms with Crippen LogP contribution in [0.25, 0.3) is 0 Å². The van der Waals surface area contributed by atoms with E-state index in [9.17, 15) is 4.79 Å². The van der Waals surface area contributed by atoms with Crippen molar-refractivity contribution < 1.29 is 14.3 Å². The number of hydrogen-bond acceptors (Lipinski definition) is 4. The summed E-state index contributed by atoms with van der Waals surface area (Å²) in [5.74, 6) is 1.32. The third-order valence-corrected chi connectivity index (χ3v) is 3.93. The number of nitrogens with one attached hydrogen (secondary N) is 1. The van der Waals surface area contributed by atoms with Crippen molar-refractivity contribution in [3.8, 4) is 11.5 Å². The van der Waals surface area contributed by atoms with Crippen molar-refractivity contribution in [2.75, 3.05) is 13.7 Å². The fraction of sp³-hybridized carbons (Fsp3) is 0.562. The molecule has 0 aliphatic heterocycles. The number of carbonyl (C=O) groups excluding carboxylic acids is 1. The predicted octanol–water partition coefficient (Wildman–Crippen LogP) is 1.98. The maximum Gasteiger partial charge on any atom is 0.240 e. The molecule has 0 bridgehead atoms. The second-order valence-electron chi connectivity index (χ2n) is 5.46. The van der Waals surface area contributed by atoms with Gasteiger partial charge < -0.3 is 20.5 Å². The Bertz CT molecular complexity index is 496. The van der Waals surface area contributed by atoms with Crippen molar-refractivity contribution in [2.45, 2.75) is 44.7 Å². The molecule has 5 nitrogen and oxygen atoms in total. The molecule has 1 aliphatic rings. The van der Waals surface area contributed by atoms with Gasteiger partial charge in [-0.1, -0.05) is 18.9 Å². The van der Waals surface area contributed by atoms with Crippen molar-refractivity contribution in [3.63, 3.8) is 0 Å². The molecule has 1 aliphatic carbocycles. The second kappa shape index (κ2) is 6.80. The summed E-state index contributed by atoms with van der Waals surface area (Å²) < 4.78 is 10.8. The summed E-state index contributed by atoms with van der Waals surface area (Å²) in [6, 6.07) is 5.65. The van der Waals surface area contributed by atoms with Crippen LogP contribution in [-0.2, 0) is 11.3 Å². The lowest BCUT2D eigenvalue weighted by Gasteiger charge is -2.22. The molecule has 21 heavy (non-hydrogen) atoms. The Morgan fingerprint density at radius 2 is 2.05 bits per heavy atom. The first-order valence-electron chi connectivity index (χ1n) is 7.46. The van der Waals surface area contributed by atoms with Crippen LogP contribution in [0.5, 0.6) is 11.5 Å². The van der Waals surface area contributed by atoms with Gasteiger partial charge in [0, 0.05) is 6.54 Å². The van der Waals surface area contributed by atoms with Crippen LogP contribution in [-0.4, -0.2) is 25.2 Å². The molecule has 2 rings (SSSR count). The van der Waals surface area contributed by atoms with Gasteiger partial charge in [0.05, 0.1) is 19.3 Å².